The molecule has 0 aliphatic heterocycles. The monoisotopic (exact) mass is 563 g/mol. The summed E-state index contributed by atoms with van der Waals surface area (Å²) in [6.07, 6.45) is 1.37. The van der Waals surface area contributed by atoms with Crippen LogP contribution < -0.4 is 10.9 Å². The summed E-state index contributed by atoms with van der Waals surface area (Å²) in [4.78, 5) is 44.3. The van der Waals surface area contributed by atoms with Crippen LogP contribution >= 0.6 is 34.3 Å². The van der Waals surface area contributed by atoms with Crippen molar-refractivity contribution >= 4 is 61.4 Å². The number of carbonyl (C=O) groups excluding carboxylic acids is 2. The number of esters is 1. The second kappa shape index (κ2) is 10.9. The van der Waals surface area contributed by atoms with E-state index in [0.29, 0.717) is 25.8 Å². The number of rotatable bonds is 7. The summed E-state index contributed by atoms with van der Waals surface area (Å²) in [6.45, 7) is 3.64. The molecule has 10 heteroatoms. The van der Waals surface area contributed by atoms with Crippen molar-refractivity contribution < 1.29 is 14.3 Å². The van der Waals surface area contributed by atoms with Crippen molar-refractivity contribution in [2.75, 3.05) is 11.9 Å². The molecule has 2 aromatic carbocycles. The normalized spacial score (nSPS) is 11.0. The lowest BCUT2D eigenvalue weighted by molar-refractivity contribution is -0.116. The van der Waals surface area contributed by atoms with Gasteiger partial charge < -0.3 is 10.1 Å². The Bertz CT molecular complexity index is 1700. The third-order valence-electron chi connectivity index (χ3n) is 5.92. The van der Waals surface area contributed by atoms with E-state index in [0.717, 1.165) is 22.3 Å². The summed E-state index contributed by atoms with van der Waals surface area (Å²) < 4.78 is 6.54. The zero-order valence-corrected chi connectivity index (χ0v) is 22.9. The fourth-order valence-electron chi connectivity index (χ4n) is 4.04. The molecule has 192 valence electrons. The predicted octanol–water partition coefficient (Wildman–Crippen LogP) is 6.63. The number of aromatic nitrogens is 2. The fourth-order valence-corrected chi connectivity index (χ4v) is 6.05. The molecule has 0 atom stereocenters. The number of hydrogen-bond donors (Lipinski definition) is 1. The lowest BCUT2D eigenvalue weighted by Gasteiger charge is -2.10. The molecule has 1 N–H and O–H groups in total. The van der Waals surface area contributed by atoms with Gasteiger partial charge in [0.05, 0.1) is 18.3 Å². The van der Waals surface area contributed by atoms with Crippen molar-refractivity contribution in [3.05, 3.63) is 92.1 Å². The minimum absolute atomic E-state index is 0.188. The van der Waals surface area contributed by atoms with Crippen molar-refractivity contribution in [3.8, 4) is 22.3 Å². The number of carbonyl (C=O) groups is 2. The maximum absolute atomic E-state index is 13.4. The van der Waals surface area contributed by atoms with Gasteiger partial charge in [-0.05, 0) is 37.1 Å². The number of fused-ring (bicyclic) bond motifs is 1. The topological polar surface area (TPSA) is 90.3 Å². The van der Waals surface area contributed by atoms with Crippen LogP contribution in [0.2, 0.25) is 5.02 Å². The van der Waals surface area contributed by atoms with Gasteiger partial charge in [0.15, 0.2) is 0 Å². The number of thiophene rings is 2. The Morgan fingerprint density at radius 1 is 1.00 bits per heavy atom. The van der Waals surface area contributed by atoms with Crippen LogP contribution in [0.1, 0.15) is 22.8 Å². The van der Waals surface area contributed by atoms with Gasteiger partial charge in [-0.15, -0.1) is 22.7 Å². The summed E-state index contributed by atoms with van der Waals surface area (Å²) >= 11 is 8.61. The van der Waals surface area contributed by atoms with Gasteiger partial charge in [-0.3, -0.25) is 14.2 Å². The van der Waals surface area contributed by atoms with Crippen LogP contribution in [-0.4, -0.2) is 28.0 Å². The Morgan fingerprint density at radius 2 is 1.66 bits per heavy atom. The van der Waals surface area contributed by atoms with Gasteiger partial charge in [0.2, 0.25) is 5.91 Å². The van der Waals surface area contributed by atoms with Crippen molar-refractivity contribution in [2.24, 2.45) is 0 Å². The largest absolute Gasteiger partial charge is 0.462 e. The highest BCUT2D eigenvalue weighted by atomic mass is 35.5. The standard InChI is InChI=1S/C28H22ClN3O4S2/c1-3-36-28(35)24-21(18-8-10-19(29)11-9-18)14-38-26(24)31-22(33)12-32-15-30-25-23(27(32)34)20(13-37-25)17-6-4-16(2)5-7-17/h4-11,13-15H,3,12H2,1-2H3,(H,31,33). The first-order valence-corrected chi connectivity index (χ1v) is 13.9. The number of amides is 1. The van der Waals surface area contributed by atoms with Gasteiger partial charge in [0.25, 0.3) is 5.56 Å². The summed E-state index contributed by atoms with van der Waals surface area (Å²) in [5.41, 5.74) is 4.16. The molecule has 0 saturated carbocycles. The minimum atomic E-state index is -0.546. The second-order valence-electron chi connectivity index (χ2n) is 8.50. The van der Waals surface area contributed by atoms with Crippen LogP contribution in [0.5, 0.6) is 0 Å². The molecule has 0 spiro atoms. The fraction of sp³-hybridized carbons (Fsp3) is 0.143. The summed E-state index contributed by atoms with van der Waals surface area (Å²) in [5, 5.41) is 7.87. The molecular weight excluding hydrogens is 542 g/mol. The van der Waals surface area contributed by atoms with Gasteiger partial charge in [-0.25, -0.2) is 9.78 Å². The quantitative estimate of drug-likeness (QED) is 0.224. The van der Waals surface area contributed by atoms with Gasteiger partial charge in [0, 0.05) is 26.9 Å². The van der Waals surface area contributed by atoms with E-state index < -0.39 is 11.9 Å². The molecule has 38 heavy (non-hydrogen) atoms. The summed E-state index contributed by atoms with van der Waals surface area (Å²) in [5.74, 6) is -1.01. The number of hydrogen-bond acceptors (Lipinski definition) is 7. The lowest BCUT2D eigenvalue weighted by Crippen LogP contribution is -2.28. The number of halogens is 1. The number of nitrogens with one attached hydrogen (secondary N) is 1. The number of benzene rings is 2. The molecule has 1 amide bonds. The Balaban J connectivity index is 1.44. The van der Waals surface area contributed by atoms with Crippen molar-refractivity contribution in [1.82, 2.24) is 9.55 Å². The molecule has 0 fully saturated rings. The maximum Gasteiger partial charge on any atom is 0.341 e. The first kappa shape index (κ1) is 25.8. The Hall–Kier alpha value is -3.79. The van der Waals surface area contributed by atoms with Crippen molar-refractivity contribution in [3.63, 3.8) is 0 Å². The Labute approximate surface area is 231 Å². The number of anilines is 1. The molecular formula is C28H22ClN3O4S2. The molecule has 3 heterocycles. The first-order valence-electron chi connectivity index (χ1n) is 11.7. The molecule has 5 rings (SSSR count). The Kier molecular flexibility index (Phi) is 7.42. The van der Waals surface area contributed by atoms with Crippen LogP contribution in [-0.2, 0) is 16.1 Å². The van der Waals surface area contributed by atoms with Crippen LogP contribution in [0.15, 0.2) is 70.4 Å². The zero-order chi connectivity index (χ0) is 26.8. The lowest BCUT2D eigenvalue weighted by atomic mass is 10.0. The smallest absolute Gasteiger partial charge is 0.341 e. The van der Waals surface area contributed by atoms with Crippen molar-refractivity contribution in [2.45, 2.75) is 20.4 Å². The first-order chi connectivity index (χ1) is 18.4. The number of nitrogens with zero attached hydrogens (tertiary/aromatic N) is 2. The number of aryl methyl sites for hydroxylation is 1. The molecule has 0 saturated heterocycles. The predicted molar refractivity (Wildman–Crippen MR) is 153 cm³/mol. The second-order valence-corrected chi connectivity index (χ2v) is 10.7. The van der Waals surface area contributed by atoms with Gasteiger partial charge >= 0.3 is 5.97 Å². The molecule has 0 radical (unpaired) electrons. The molecule has 0 bridgehead atoms. The highest BCUT2D eigenvalue weighted by molar-refractivity contribution is 7.17. The molecule has 0 unspecified atom stereocenters. The molecule has 3 aromatic heterocycles. The molecule has 0 aliphatic rings. The molecule has 0 aliphatic carbocycles. The van der Waals surface area contributed by atoms with Crippen LogP contribution in [0, 0.1) is 6.92 Å². The minimum Gasteiger partial charge on any atom is -0.462 e. The van der Waals surface area contributed by atoms with Gasteiger partial charge in [0.1, 0.15) is 21.9 Å². The van der Waals surface area contributed by atoms with E-state index in [1.807, 2.05) is 36.6 Å². The summed E-state index contributed by atoms with van der Waals surface area (Å²) in [7, 11) is 0. The van der Waals surface area contributed by atoms with Crippen LogP contribution in [0.4, 0.5) is 5.00 Å². The summed E-state index contributed by atoms with van der Waals surface area (Å²) in [6, 6.07) is 15.0. The van der Waals surface area contributed by atoms with E-state index in [1.165, 1.54) is 33.6 Å². The van der Waals surface area contributed by atoms with Crippen LogP contribution in [0.3, 0.4) is 0 Å². The van der Waals surface area contributed by atoms with E-state index in [4.69, 9.17) is 16.3 Å². The van der Waals surface area contributed by atoms with Gasteiger partial charge in [-0.2, -0.15) is 0 Å². The maximum atomic E-state index is 13.4. The zero-order valence-electron chi connectivity index (χ0n) is 20.5. The number of ether oxygens (including phenoxy) is 1. The average Bonchev–Trinajstić information content (AvgIpc) is 3.52. The third-order valence-corrected chi connectivity index (χ3v) is 7.95. The van der Waals surface area contributed by atoms with E-state index in [2.05, 4.69) is 10.3 Å². The van der Waals surface area contributed by atoms with E-state index in [1.54, 1.807) is 36.6 Å². The Morgan fingerprint density at radius 3 is 2.37 bits per heavy atom. The molecule has 5 aromatic rings. The average molecular weight is 564 g/mol. The van der Waals surface area contributed by atoms with Crippen LogP contribution in [0.25, 0.3) is 32.5 Å². The van der Waals surface area contributed by atoms with Gasteiger partial charge in [-0.1, -0.05) is 53.6 Å². The van der Waals surface area contributed by atoms with E-state index in [9.17, 15) is 14.4 Å². The van der Waals surface area contributed by atoms with E-state index >= 15 is 0 Å². The highest BCUT2D eigenvalue weighted by Gasteiger charge is 2.23. The highest BCUT2D eigenvalue weighted by Crippen LogP contribution is 2.37. The van der Waals surface area contributed by atoms with E-state index in [-0.39, 0.29) is 24.3 Å². The molecule has 7 nitrogen and oxygen atoms in total. The van der Waals surface area contributed by atoms with Crippen molar-refractivity contribution in [1.29, 1.82) is 0 Å². The SMILES string of the molecule is CCOC(=O)c1c(-c2ccc(Cl)cc2)csc1NC(=O)Cn1cnc2scc(-c3ccc(C)cc3)c2c1=O. The third kappa shape index (κ3) is 5.13.